The molecule has 1 fully saturated rings. The van der Waals surface area contributed by atoms with Crippen LogP contribution in [0.4, 0.5) is 23.8 Å². The van der Waals surface area contributed by atoms with Gasteiger partial charge in [-0.3, -0.25) is 18.9 Å². The van der Waals surface area contributed by atoms with E-state index in [9.17, 15) is 13.6 Å². The van der Waals surface area contributed by atoms with Crippen molar-refractivity contribution in [1.29, 1.82) is 0 Å². The van der Waals surface area contributed by atoms with E-state index in [2.05, 4.69) is 25.1 Å². The molecular formula is C31H35ClF3N7O5. The lowest BCUT2D eigenvalue weighted by Gasteiger charge is -2.32. The van der Waals surface area contributed by atoms with E-state index in [1.165, 1.54) is 6.20 Å². The topological polar surface area (TPSA) is 128 Å². The Hall–Kier alpha value is -3.95. The maximum Gasteiger partial charge on any atom is 0.508 e. The second-order valence-electron chi connectivity index (χ2n) is 12.6. The summed E-state index contributed by atoms with van der Waals surface area (Å²) in [5, 5.41) is 8.14. The van der Waals surface area contributed by atoms with E-state index in [0.717, 1.165) is 0 Å². The van der Waals surface area contributed by atoms with Gasteiger partial charge in [-0.15, -0.1) is 0 Å². The summed E-state index contributed by atoms with van der Waals surface area (Å²) in [5.41, 5.74) is -1.31. The predicted octanol–water partition coefficient (Wildman–Crippen LogP) is 4.92. The third kappa shape index (κ3) is 6.61. The van der Waals surface area contributed by atoms with Gasteiger partial charge in [0.15, 0.2) is 11.4 Å². The fourth-order valence-corrected chi connectivity index (χ4v) is 6.42. The van der Waals surface area contributed by atoms with Gasteiger partial charge in [-0.1, -0.05) is 11.6 Å². The Morgan fingerprint density at radius 1 is 1.19 bits per heavy atom. The van der Waals surface area contributed by atoms with E-state index in [-0.39, 0.29) is 67.9 Å². The molecule has 1 atom stereocenters. The number of hydrogen-bond acceptors (Lipinski definition) is 11. The molecule has 3 aliphatic heterocycles. The molecule has 47 heavy (non-hydrogen) atoms. The first-order valence-corrected chi connectivity index (χ1v) is 15.5. The number of fused-ring (bicyclic) bond motifs is 7. The summed E-state index contributed by atoms with van der Waals surface area (Å²) in [4.78, 5) is 29.8. The summed E-state index contributed by atoms with van der Waals surface area (Å²) in [6.07, 6.45) is 2.80. The zero-order valence-electron chi connectivity index (χ0n) is 26.2. The average molecular weight is 678 g/mol. The molecule has 6 heterocycles. The molecule has 12 nitrogen and oxygen atoms in total. The number of H-pyrrole nitrogens is 1. The van der Waals surface area contributed by atoms with Crippen molar-refractivity contribution in [2.24, 2.45) is 5.41 Å². The smallest absolute Gasteiger partial charge is 0.463 e. The number of carbonyl (C=O) groups is 1. The molecule has 16 heteroatoms. The average Bonchev–Trinajstić information content (AvgIpc) is 3.41. The lowest BCUT2D eigenvalue weighted by Crippen LogP contribution is -2.46. The lowest BCUT2D eigenvalue weighted by atomic mass is 9.92. The molecule has 7 rings (SSSR count). The van der Waals surface area contributed by atoms with E-state index in [1.807, 2.05) is 0 Å². The van der Waals surface area contributed by atoms with E-state index in [4.69, 9.17) is 30.5 Å². The number of nitrogens with one attached hydrogen (secondary N) is 1. The summed E-state index contributed by atoms with van der Waals surface area (Å²) < 4.78 is 68.2. The van der Waals surface area contributed by atoms with Gasteiger partial charge >= 0.3 is 12.2 Å². The Bertz CT molecular complexity index is 1790. The van der Waals surface area contributed by atoms with Crippen LogP contribution in [0, 0.1) is 11.2 Å². The first-order chi connectivity index (χ1) is 22.5. The maximum absolute atomic E-state index is 16.9. The van der Waals surface area contributed by atoms with Crippen molar-refractivity contribution in [3.63, 3.8) is 0 Å². The number of halogens is 4. The SMILES string of the molecule is CN(C)CC(CF)(CF)COc1nc2c3cnc(c(F)c3n1)-c1c(c(Cl)cc3[nH]ncc13)CCCOC(=O)O[C@]1(C)COCCN2C1. The Kier molecular flexibility index (Phi) is 9.31. The normalized spacial score (nSPS) is 19.2. The monoisotopic (exact) mass is 677 g/mol. The molecule has 0 amide bonds. The highest BCUT2D eigenvalue weighted by Gasteiger charge is 2.37. The number of alkyl halides is 2. The summed E-state index contributed by atoms with van der Waals surface area (Å²) in [7, 11) is 3.40. The van der Waals surface area contributed by atoms with Crippen LogP contribution in [0.15, 0.2) is 18.5 Å². The van der Waals surface area contributed by atoms with Crippen molar-refractivity contribution in [2.45, 2.75) is 25.4 Å². The number of hydrogen-bond donors (Lipinski definition) is 1. The first kappa shape index (κ1) is 33.0. The minimum atomic E-state index is -1.50. The molecule has 3 aromatic heterocycles. The highest BCUT2D eigenvalue weighted by atomic mass is 35.5. The minimum absolute atomic E-state index is 0.0174. The molecule has 0 saturated carbocycles. The highest BCUT2D eigenvalue weighted by molar-refractivity contribution is 6.33. The number of rotatable bonds is 7. The van der Waals surface area contributed by atoms with E-state index < -0.39 is 42.9 Å². The summed E-state index contributed by atoms with van der Waals surface area (Å²) in [6, 6.07) is 1.40. The van der Waals surface area contributed by atoms with E-state index in [0.29, 0.717) is 39.9 Å². The van der Waals surface area contributed by atoms with Crippen LogP contribution in [-0.2, 0) is 20.6 Å². The Morgan fingerprint density at radius 2 is 2.00 bits per heavy atom. The molecule has 1 aromatic carbocycles. The van der Waals surface area contributed by atoms with Crippen molar-refractivity contribution >= 4 is 45.4 Å². The van der Waals surface area contributed by atoms with Gasteiger partial charge in [-0.05, 0) is 45.5 Å². The Balaban J connectivity index is 1.57. The molecule has 3 aliphatic rings. The van der Waals surface area contributed by atoms with Crippen molar-refractivity contribution in [3.05, 3.63) is 34.9 Å². The van der Waals surface area contributed by atoms with Gasteiger partial charge < -0.3 is 28.7 Å². The first-order valence-electron chi connectivity index (χ1n) is 15.1. The van der Waals surface area contributed by atoms with Crippen LogP contribution in [0.25, 0.3) is 33.1 Å². The molecule has 0 radical (unpaired) electrons. The van der Waals surface area contributed by atoms with Crippen LogP contribution in [0.2, 0.25) is 5.02 Å². The number of aromatic amines is 1. The number of carbonyl (C=O) groups excluding carboxylic acids is 1. The second-order valence-corrected chi connectivity index (χ2v) is 13.0. The van der Waals surface area contributed by atoms with Gasteiger partial charge in [0.05, 0.1) is 48.9 Å². The zero-order chi connectivity index (χ0) is 33.3. The molecule has 1 saturated heterocycles. The van der Waals surface area contributed by atoms with Gasteiger partial charge in [-0.25, -0.2) is 9.18 Å². The van der Waals surface area contributed by atoms with Crippen LogP contribution in [-0.4, -0.2) is 115 Å². The van der Waals surface area contributed by atoms with E-state index in [1.54, 1.807) is 43.1 Å². The molecule has 6 bridgehead atoms. The summed E-state index contributed by atoms with van der Waals surface area (Å²) >= 11 is 6.72. The molecule has 4 aromatic rings. The molecule has 252 valence electrons. The van der Waals surface area contributed by atoms with Gasteiger partial charge in [-0.2, -0.15) is 15.1 Å². The largest absolute Gasteiger partial charge is 0.508 e. The van der Waals surface area contributed by atoms with Gasteiger partial charge in [0, 0.05) is 35.3 Å². The van der Waals surface area contributed by atoms with Crippen LogP contribution >= 0.6 is 11.6 Å². The van der Waals surface area contributed by atoms with E-state index >= 15 is 4.39 Å². The van der Waals surface area contributed by atoms with Gasteiger partial charge in [0.1, 0.15) is 37.0 Å². The Labute approximate surface area is 273 Å². The van der Waals surface area contributed by atoms with Crippen molar-refractivity contribution < 1.29 is 36.9 Å². The number of nitrogens with zero attached hydrogens (tertiary/aromatic N) is 6. The van der Waals surface area contributed by atoms with Crippen molar-refractivity contribution in [3.8, 4) is 17.3 Å². The maximum atomic E-state index is 16.9. The predicted molar refractivity (Wildman–Crippen MR) is 168 cm³/mol. The van der Waals surface area contributed by atoms with Gasteiger partial charge in [0.25, 0.3) is 0 Å². The number of ether oxygens (including phenoxy) is 4. The van der Waals surface area contributed by atoms with Crippen molar-refractivity contribution in [1.82, 2.24) is 30.0 Å². The molecular weight excluding hydrogens is 643 g/mol. The highest BCUT2D eigenvalue weighted by Crippen LogP contribution is 2.40. The third-order valence-corrected chi connectivity index (χ3v) is 8.60. The van der Waals surface area contributed by atoms with Crippen molar-refractivity contribution in [2.75, 3.05) is 78.4 Å². The summed E-state index contributed by atoms with van der Waals surface area (Å²) in [5.74, 6) is -0.566. The summed E-state index contributed by atoms with van der Waals surface area (Å²) in [6.45, 7) is -0.00339. The number of anilines is 1. The molecule has 0 unspecified atom stereocenters. The quantitative estimate of drug-likeness (QED) is 0.268. The number of aromatic nitrogens is 5. The molecule has 0 spiro atoms. The fourth-order valence-electron chi connectivity index (χ4n) is 6.12. The molecule has 1 N–H and O–H groups in total. The zero-order valence-corrected chi connectivity index (χ0v) is 27.0. The van der Waals surface area contributed by atoms with Gasteiger partial charge in [0.2, 0.25) is 0 Å². The fraction of sp³-hybridized carbons (Fsp3) is 0.516. The van der Waals surface area contributed by atoms with Crippen LogP contribution < -0.4 is 9.64 Å². The standard InChI is InChI=1S/C31H35ClF3N7O5/c1-30-14-42(6-8-44-16-30)27-20-10-36-26(24(35)25(20)38-28(39-27)46-17-31(12-33,13-34)15-41(2)3)23-18(5-4-7-45-29(43)47-30)21(32)9-22-19(23)11-37-40-22/h9-11H,4-8,12-17H2,1-3H3,(H,37,40)/t30-/m0/s1. The Morgan fingerprint density at radius 3 is 2.77 bits per heavy atom. The van der Waals surface area contributed by atoms with Crippen LogP contribution in [0.1, 0.15) is 18.9 Å². The number of pyridine rings is 1. The minimum Gasteiger partial charge on any atom is -0.463 e. The third-order valence-electron chi connectivity index (χ3n) is 8.26. The second kappa shape index (κ2) is 13.3. The number of benzene rings is 1. The van der Waals surface area contributed by atoms with Crippen LogP contribution in [0.5, 0.6) is 6.01 Å². The molecule has 0 aliphatic carbocycles. The van der Waals surface area contributed by atoms with Crippen LogP contribution in [0.3, 0.4) is 0 Å². The lowest BCUT2D eigenvalue weighted by molar-refractivity contribution is -0.0575.